The lowest BCUT2D eigenvalue weighted by Gasteiger charge is -2.36. The number of nitrogens with one attached hydrogen (secondary N) is 3. The highest BCUT2D eigenvalue weighted by atomic mass is 31.2. The third-order valence-corrected chi connectivity index (χ3v) is 7.66. The minimum atomic E-state index is -4.67. The number of fused-ring (bicyclic) bond motifs is 1. The minimum Gasteiger partial charge on any atom is -0.360 e. The number of aromatic nitrogens is 3. The van der Waals surface area contributed by atoms with Crippen LogP contribution >= 0.6 is 7.14 Å². The molecule has 3 N–H and O–H groups in total. The van der Waals surface area contributed by atoms with Gasteiger partial charge in [0.15, 0.2) is 0 Å². The lowest BCUT2D eigenvalue weighted by atomic mass is 9.91. The fourth-order valence-corrected chi connectivity index (χ4v) is 5.75. The number of aromatic amines is 1. The monoisotopic (exact) mass is 490 g/mol. The summed E-state index contributed by atoms with van der Waals surface area (Å²) in [5.74, 6) is 0.106. The van der Waals surface area contributed by atoms with Gasteiger partial charge in [0, 0.05) is 41.5 Å². The van der Waals surface area contributed by atoms with E-state index in [1.807, 2.05) is 6.07 Å². The Hall–Kier alpha value is -2.89. The third-order valence-electron chi connectivity index (χ3n) is 6.12. The van der Waals surface area contributed by atoms with Crippen molar-refractivity contribution in [1.29, 1.82) is 5.26 Å². The van der Waals surface area contributed by atoms with Crippen LogP contribution in [0.1, 0.15) is 37.8 Å². The predicted octanol–water partition coefficient (Wildman–Crippen LogP) is 4.71. The molecule has 7 nitrogen and oxygen atoms in total. The zero-order valence-electron chi connectivity index (χ0n) is 19.3. The summed E-state index contributed by atoms with van der Waals surface area (Å²) in [5.41, 5.74) is -0.436. The number of halogens is 3. The summed E-state index contributed by atoms with van der Waals surface area (Å²) in [7, 11) is -2.91. The zero-order chi connectivity index (χ0) is 24.9. The Labute approximate surface area is 195 Å². The molecule has 1 aromatic carbocycles. The highest BCUT2D eigenvalue weighted by molar-refractivity contribution is 7.70. The molecule has 0 amide bonds. The van der Waals surface area contributed by atoms with Crippen molar-refractivity contribution in [3.05, 3.63) is 35.7 Å². The van der Waals surface area contributed by atoms with Gasteiger partial charge in [-0.1, -0.05) is 6.07 Å². The standard InChI is InChI=1S/C23H26F3N6OP/c1-22(2)8-7-14(10-30-22)31-21-29-12-17(23(24,25)26)18(32-21)16-11-28-19-15(16)6-5-13(9-27)20(19)34(3,4)33/h5-6,11-12,14,28,30H,7-8,10H2,1-4H3,(H,29,31,32). The van der Waals surface area contributed by atoms with Crippen LogP contribution in [0.3, 0.4) is 0 Å². The average Bonchev–Trinajstić information content (AvgIpc) is 3.16. The predicted molar refractivity (Wildman–Crippen MR) is 127 cm³/mol. The van der Waals surface area contributed by atoms with Crippen molar-refractivity contribution in [1.82, 2.24) is 20.3 Å². The van der Waals surface area contributed by atoms with Gasteiger partial charge in [-0.25, -0.2) is 9.97 Å². The molecule has 3 heterocycles. The molecule has 1 saturated heterocycles. The second kappa shape index (κ2) is 8.40. The summed E-state index contributed by atoms with van der Waals surface area (Å²) in [4.78, 5) is 11.2. The molecule has 4 rings (SSSR count). The number of hydrogen-bond acceptors (Lipinski definition) is 6. The Morgan fingerprint density at radius 1 is 1.29 bits per heavy atom. The number of benzene rings is 1. The van der Waals surface area contributed by atoms with Gasteiger partial charge in [0.2, 0.25) is 5.95 Å². The molecule has 34 heavy (non-hydrogen) atoms. The van der Waals surface area contributed by atoms with Crippen molar-refractivity contribution in [2.24, 2.45) is 0 Å². The molecule has 0 spiro atoms. The Morgan fingerprint density at radius 3 is 2.62 bits per heavy atom. The highest BCUT2D eigenvalue weighted by Crippen LogP contribution is 2.43. The molecule has 2 aromatic heterocycles. The number of H-pyrrole nitrogens is 1. The quantitative estimate of drug-likeness (QED) is 0.458. The van der Waals surface area contributed by atoms with Crippen molar-refractivity contribution >= 4 is 29.3 Å². The van der Waals surface area contributed by atoms with Crippen molar-refractivity contribution in [2.75, 3.05) is 25.2 Å². The lowest BCUT2D eigenvalue weighted by molar-refractivity contribution is -0.137. The second-order valence-corrected chi connectivity index (χ2v) is 12.8. The maximum Gasteiger partial charge on any atom is 0.419 e. The molecule has 1 aliphatic heterocycles. The molecule has 180 valence electrons. The first-order chi connectivity index (χ1) is 15.8. The average molecular weight is 490 g/mol. The first kappa shape index (κ1) is 24.2. The van der Waals surface area contributed by atoms with Crippen LogP contribution in [0.2, 0.25) is 0 Å². The van der Waals surface area contributed by atoms with Crippen LogP contribution in [0.25, 0.3) is 22.2 Å². The smallest absolute Gasteiger partial charge is 0.360 e. The van der Waals surface area contributed by atoms with Gasteiger partial charge in [-0.2, -0.15) is 18.4 Å². The van der Waals surface area contributed by atoms with Crippen LogP contribution in [0, 0.1) is 11.3 Å². The first-order valence-electron chi connectivity index (χ1n) is 10.9. The Morgan fingerprint density at radius 2 is 2.03 bits per heavy atom. The topological polar surface area (TPSA) is 106 Å². The molecule has 1 atom stereocenters. The maximum absolute atomic E-state index is 13.9. The maximum atomic E-state index is 13.9. The van der Waals surface area contributed by atoms with Crippen molar-refractivity contribution < 1.29 is 17.7 Å². The van der Waals surface area contributed by atoms with Gasteiger partial charge in [0.1, 0.15) is 12.7 Å². The third kappa shape index (κ3) is 4.68. The zero-order valence-corrected chi connectivity index (χ0v) is 20.2. The molecule has 0 saturated carbocycles. The van der Waals surface area contributed by atoms with Gasteiger partial charge in [0.25, 0.3) is 0 Å². The number of alkyl halides is 3. The van der Waals surface area contributed by atoms with Crippen LogP contribution < -0.4 is 15.9 Å². The Bertz CT molecular complexity index is 1320. The highest BCUT2D eigenvalue weighted by Gasteiger charge is 2.37. The van der Waals surface area contributed by atoms with Gasteiger partial charge in [0.05, 0.1) is 28.1 Å². The van der Waals surface area contributed by atoms with E-state index in [9.17, 15) is 23.0 Å². The molecule has 1 aliphatic rings. The summed E-state index contributed by atoms with van der Waals surface area (Å²) in [6.07, 6.45) is -0.738. The molecular formula is C23H26F3N6OP. The molecule has 0 radical (unpaired) electrons. The van der Waals surface area contributed by atoms with Crippen molar-refractivity contribution in [2.45, 2.75) is 44.4 Å². The second-order valence-electron chi connectivity index (χ2n) is 9.65. The first-order valence-corrected chi connectivity index (χ1v) is 13.5. The fourth-order valence-electron chi connectivity index (χ4n) is 4.32. The number of anilines is 1. The van der Waals surface area contributed by atoms with E-state index in [0.717, 1.165) is 19.0 Å². The van der Waals surface area contributed by atoms with Crippen molar-refractivity contribution in [3.8, 4) is 17.3 Å². The van der Waals surface area contributed by atoms with E-state index in [1.54, 1.807) is 6.07 Å². The Kier molecular flexibility index (Phi) is 5.99. The van der Waals surface area contributed by atoms with Crippen LogP contribution in [0.4, 0.5) is 19.1 Å². The normalized spacial score (nSPS) is 18.6. The molecule has 1 fully saturated rings. The molecule has 0 aliphatic carbocycles. The van der Waals surface area contributed by atoms with Crippen LogP contribution in [-0.4, -0.2) is 46.4 Å². The molecular weight excluding hydrogens is 464 g/mol. The SMILES string of the molecule is CC1(C)CCC(Nc2ncc(C(F)(F)F)c(-c3c[nH]c4c(P(C)(C)=O)c(C#N)ccc34)n2)CN1. The van der Waals surface area contributed by atoms with E-state index in [-0.39, 0.29) is 34.3 Å². The summed E-state index contributed by atoms with van der Waals surface area (Å²) in [5, 5.41) is 16.8. The van der Waals surface area contributed by atoms with Gasteiger partial charge >= 0.3 is 6.18 Å². The van der Waals surface area contributed by atoms with Gasteiger partial charge < -0.3 is 20.2 Å². The summed E-state index contributed by atoms with van der Waals surface area (Å²) >= 11 is 0. The number of rotatable bonds is 4. The van der Waals surface area contributed by atoms with Crippen LogP contribution in [-0.2, 0) is 10.7 Å². The van der Waals surface area contributed by atoms with E-state index in [4.69, 9.17) is 0 Å². The number of nitrogens with zero attached hydrogens (tertiary/aromatic N) is 3. The van der Waals surface area contributed by atoms with Gasteiger partial charge in [-0.15, -0.1) is 0 Å². The van der Waals surface area contributed by atoms with Crippen LogP contribution in [0.15, 0.2) is 24.5 Å². The van der Waals surface area contributed by atoms with Crippen molar-refractivity contribution in [3.63, 3.8) is 0 Å². The minimum absolute atomic E-state index is 0.00631. The van der Waals surface area contributed by atoms with E-state index in [0.29, 0.717) is 22.8 Å². The number of nitriles is 1. The van der Waals surface area contributed by atoms with E-state index < -0.39 is 18.9 Å². The van der Waals surface area contributed by atoms with Gasteiger partial charge in [-0.05, 0) is 46.1 Å². The number of piperidine rings is 1. The van der Waals surface area contributed by atoms with E-state index in [1.165, 1.54) is 25.6 Å². The van der Waals surface area contributed by atoms with E-state index >= 15 is 0 Å². The fraction of sp³-hybridized carbons (Fsp3) is 0.435. The summed E-state index contributed by atoms with van der Waals surface area (Å²) in [6.45, 7) is 7.89. The van der Waals surface area contributed by atoms with E-state index in [2.05, 4.69) is 39.4 Å². The Balaban J connectivity index is 1.82. The number of hydrogen-bond donors (Lipinski definition) is 3. The van der Waals surface area contributed by atoms with Crippen LogP contribution in [0.5, 0.6) is 0 Å². The molecule has 0 bridgehead atoms. The molecule has 1 unspecified atom stereocenters. The largest absolute Gasteiger partial charge is 0.419 e. The lowest BCUT2D eigenvalue weighted by Crippen LogP contribution is -2.50. The molecule has 3 aromatic rings. The van der Waals surface area contributed by atoms with Gasteiger partial charge in [-0.3, -0.25) is 0 Å². The summed E-state index contributed by atoms with van der Waals surface area (Å²) in [6, 6.07) is 5.05. The summed E-state index contributed by atoms with van der Waals surface area (Å²) < 4.78 is 54.6. The molecule has 11 heteroatoms.